The van der Waals surface area contributed by atoms with Gasteiger partial charge in [0.2, 0.25) is 11.8 Å². The van der Waals surface area contributed by atoms with Gasteiger partial charge in [-0.1, -0.05) is 25.1 Å². The minimum Gasteiger partial charge on any atom is -0.312 e. The summed E-state index contributed by atoms with van der Waals surface area (Å²) in [7, 11) is 0. The monoisotopic (exact) mass is 435 g/mol. The van der Waals surface area contributed by atoms with Crippen molar-refractivity contribution in [1.29, 1.82) is 0 Å². The van der Waals surface area contributed by atoms with Crippen LogP contribution >= 0.6 is 0 Å². The molecule has 0 saturated carbocycles. The molecule has 32 heavy (non-hydrogen) atoms. The molecule has 2 amide bonds. The van der Waals surface area contributed by atoms with Crippen LogP contribution in [0.2, 0.25) is 0 Å². The number of aromatic nitrogens is 1. The first-order valence-electron chi connectivity index (χ1n) is 10.5. The molecule has 1 aliphatic heterocycles. The van der Waals surface area contributed by atoms with Crippen LogP contribution in [0.3, 0.4) is 0 Å². The number of carbonyl (C=O) groups excluding carboxylic acids is 2. The molecule has 164 valence electrons. The number of amides is 2. The van der Waals surface area contributed by atoms with E-state index in [1.807, 2.05) is 24.3 Å². The second-order valence-corrected chi connectivity index (χ2v) is 7.77. The molecule has 1 fully saturated rings. The predicted molar refractivity (Wildman–Crippen MR) is 118 cm³/mol. The zero-order chi connectivity index (χ0) is 22.7. The van der Waals surface area contributed by atoms with Crippen molar-refractivity contribution in [2.24, 2.45) is 5.92 Å². The van der Waals surface area contributed by atoms with Gasteiger partial charge in [0.1, 0.15) is 11.6 Å². The fourth-order valence-corrected chi connectivity index (χ4v) is 3.89. The number of halogens is 2. The van der Waals surface area contributed by atoms with Gasteiger partial charge in [0.05, 0.1) is 23.8 Å². The number of nitrogens with zero attached hydrogens (tertiary/aromatic N) is 3. The summed E-state index contributed by atoms with van der Waals surface area (Å²) in [5.74, 6) is -2.78. The number of aryl methyl sites for hydroxylation is 1. The van der Waals surface area contributed by atoms with Crippen molar-refractivity contribution in [1.82, 2.24) is 4.98 Å². The quantitative estimate of drug-likeness (QED) is 0.573. The number of pyridine rings is 1. The first-order valence-corrected chi connectivity index (χ1v) is 10.5. The van der Waals surface area contributed by atoms with Crippen molar-refractivity contribution in [2.75, 3.05) is 16.3 Å². The van der Waals surface area contributed by atoms with Gasteiger partial charge >= 0.3 is 0 Å². The Balaban J connectivity index is 1.61. The number of hydrogen-bond acceptors (Lipinski definition) is 3. The van der Waals surface area contributed by atoms with Crippen molar-refractivity contribution in [3.8, 4) is 0 Å². The van der Waals surface area contributed by atoms with Crippen LogP contribution in [0.4, 0.5) is 20.2 Å². The van der Waals surface area contributed by atoms with Crippen molar-refractivity contribution in [3.63, 3.8) is 0 Å². The molecule has 2 heterocycles. The average molecular weight is 435 g/mol. The van der Waals surface area contributed by atoms with E-state index in [9.17, 15) is 18.4 Å². The summed E-state index contributed by atoms with van der Waals surface area (Å²) in [6.45, 7) is 2.26. The zero-order valence-electron chi connectivity index (χ0n) is 17.7. The van der Waals surface area contributed by atoms with Crippen LogP contribution in [0.1, 0.15) is 24.6 Å². The summed E-state index contributed by atoms with van der Waals surface area (Å²) in [6, 6.07) is 16.0. The molecule has 4 rings (SSSR count). The SMILES string of the molecule is CCc1ccc(N2CC(C(=O)N(Cc3ccccn3)c3ccc(F)cc3F)CC2=O)cc1. The molecule has 1 aromatic heterocycles. The Morgan fingerprint density at radius 1 is 1.12 bits per heavy atom. The van der Waals surface area contributed by atoms with Crippen molar-refractivity contribution in [2.45, 2.75) is 26.3 Å². The van der Waals surface area contributed by atoms with Gasteiger partial charge in [0, 0.05) is 30.9 Å². The smallest absolute Gasteiger partial charge is 0.232 e. The van der Waals surface area contributed by atoms with Crippen LogP contribution < -0.4 is 9.80 Å². The second-order valence-electron chi connectivity index (χ2n) is 7.77. The van der Waals surface area contributed by atoms with E-state index in [1.54, 1.807) is 29.3 Å². The molecule has 1 atom stereocenters. The lowest BCUT2D eigenvalue weighted by Crippen LogP contribution is -2.38. The van der Waals surface area contributed by atoms with E-state index in [2.05, 4.69) is 11.9 Å². The van der Waals surface area contributed by atoms with E-state index in [-0.39, 0.29) is 31.1 Å². The van der Waals surface area contributed by atoms with Crippen molar-refractivity contribution >= 4 is 23.2 Å². The van der Waals surface area contributed by atoms with E-state index in [1.165, 1.54) is 11.0 Å². The van der Waals surface area contributed by atoms with Crippen LogP contribution in [-0.2, 0) is 22.6 Å². The molecule has 0 N–H and O–H groups in total. The van der Waals surface area contributed by atoms with Crippen molar-refractivity contribution in [3.05, 3.63) is 89.8 Å². The summed E-state index contributed by atoms with van der Waals surface area (Å²) in [4.78, 5) is 33.2. The minimum absolute atomic E-state index is 0.0120. The average Bonchev–Trinajstić information content (AvgIpc) is 3.20. The molecule has 5 nitrogen and oxygen atoms in total. The van der Waals surface area contributed by atoms with E-state index in [0.717, 1.165) is 29.8 Å². The predicted octanol–water partition coefficient (Wildman–Crippen LogP) is 4.51. The molecular formula is C25H23F2N3O2. The first kappa shape index (κ1) is 21.6. The van der Waals surface area contributed by atoms with Crippen LogP contribution in [0.15, 0.2) is 66.9 Å². The Morgan fingerprint density at radius 2 is 1.91 bits per heavy atom. The lowest BCUT2D eigenvalue weighted by Gasteiger charge is -2.26. The fraction of sp³-hybridized carbons (Fsp3) is 0.240. The Kier molecular flexibility index (Phi) is 6.25. The van der Waals surface area contributed by atoms with Gasteiger partial charge in [-0.2, -0.15) is 0 Å². The third-order valence-corrected chi connectivity index (χ3v) is 5.64. The molecule has 0 radical (unpaired) electrons. The number of carbonyl (C=O) groups is 2. The Hall–Kier alpha value is -3.61. The summed E-state index contributed by atoms with van der Waals surface area (Å²) >= 11 is 0. The van der Waals surface area contributed by atoms with Gasteiger partial charge in [-0.15, -0.1) is 0 Å². The highest BCUT2D eigenvalue weighted by molar-refractivity contribution is 6.04. The summed E-state index contributed by atoms with van der Waals surface area (Å²) in [5, 5.41) is 0. The fourth-order valence-electron chi connectivity index (χ4n) is 3.89. The maximum absolute atomic E-state index is 14.6. The molecule has 7 heteroatoms. The van der Waals surface area contributed by atoms with Gasteiger partial charge in [-0.05, 0) is 48.4 Å². The normalized spacial score (nSPS) is 15.8. The van der Waals surface area contributed by atoms with Gasteiger partial charge in [0.15, 0.2) is 0 Å². The number of anilines is 2. The maximum Gasteiger partial charge on any atom is 0.232 e. The molecule has 1 unspecified atom stereocenters. The topological polar surface area (TPSA) is 53.5 Å². The highest BCUT2D eigenvalue weighted by atomic mass is 19.1. The van der Waals surface area contributed by atoms with E-state index < -0.39 is 23.5 Å². The second kappa shape index (κ2) is 9.26. The summed E-state index contributed by atoms with van der Waals surface area (Å²) in [5.41, 5.74) is 2.40. The lowest BCUT2D eigenvalue weighted by molar-refractivity contribution is -0.124. The molecule has 0 spiro atoms. The molecule has 1 saturated heterocycles. The van der Waals surface area contributed by atoms with Gasteiger partial charge in [0.25, 0.3) is 0 Å². The molecule has 2 aromatic carbocycles. The number of hydrogen-bond donors (Lipinski definition) is 0. The van der Waals surface area contributed by atoms with Gasteiger partial charge < -0.3 is 9.80 Å². The van der Waals surface area contributed by atoms with E-state index in [4.69, 9.17) is 0 Å². The molecule has 1 aliphatic rings. The Morgan fingerprint density at radius 3 is 2.56 bits per heavy atom. The third-order valence-electron chi connectivity index (χ3n) is 5.64. The number of benzene rings is 2. The van der Waals surface area contributed by atoms with Crippen molar-refractivity contribution < 1.29 is 18.4 Å². The van der Waals surface area contributed by atoms with Crippen LogP contribution in [0, 0.1) is 17.6 Å². The minimum atomic E-state index is -0.842. The molecular weight excluding hydrogens is 412 g/mol. The number of rotatable bonds is 6. The van der Waals surface area contributed by atoms with Gasteiger partial charge in [-0.25, -0.2) is 8.78 Å². The van der Waals surface area contributed by atoms with Crippen LogP contribution in [0.25, 0.3) is 0 Å². The van der Waals surface area contributed by atoms with E-state index in [0.29, 0.717) is 5.69 Å². The first-order chi connectivity index (χ1) is 15.5. The lowest BCUT2D eigenvalue weighted by atomic mass is 10.1. The van der Waals surface area contributed by atoms with E-state index >= 15 is 0 Å². The highest BCUT2D eigenvalue weighted by Gasteiger charge is 2.38. The highest BCUT2D eigenvalue weighted by Crippen LogP contribution is 2.30. The Bertz CT molecular complexity index is 1120. The summed E-state index contributed by atoms with van der Waals surface area (Å²) in [6.07, 6.45) is 2.50. The standard InChI is InChI=1S/C25H23F2N3O2/c1-2-17-6-9-21(10-7-17)29-15-18(13-24(29)31)25(32)30(16-20-5-3-4-12-28-20)23-11-8-19(26)14-22(23)27/h3-12,14,18H,2,13,15-16H2,1H3. The van der Waals surface area contributed by atoms with Crippen LogP contribution in [0.5, 0.6) is 0 Å². The molecule has 3 aromatic rings. The molecule has 0 aliphatic carbocycles. The van der Waals surface area contributed by atoms with Crippen LogP contribution in [-0.4, -0.2) is 23.3 Å². The Labute approximate surface area is 185 Å². The largest absolute Gasteiger partial charge is 0.312 e. The maximum atomic E-state index is 14.6. The molecule has 0 bridgehead atoms. The summed E-state index contributed by atoms with van der Waals surface area (Å²) < 4.78 is 28.1. The zero-order valence-corrected chi connectivity index (χ0v) is 17.7. The van der Waals surface area contributed by atoms with Gasteiger partial charge in [-0.3, -0.25) is 14.6 Å². The third kappa shape index (κ3) is 4.51.